The lowest BCUT2D eigenvalue weighted by molar-refractivity contribution is -0.124. The maximum Gasteiger partial charge on any atom is 0.256 e. The van der Waals surface area contributed by atoms with Gasteiger partial charge in [-0.1, -0.05) is 6.92 Å². The first-order valence-corrected chi connectivity index (χ1v) is 5.02. The Morgan fingerprint density at radius 3 is 2.81 bits per heavy atom. The van der Waals surface area contributed by atoms with Crippen molar-refractivity contribution in [2.24, 2.45) is 5.92 Å². The molecule has 0 fully saturated rings. The highest BCUT2D eigenvalue weighted by Gasteiger charge is 2.18. The normalized spacial score (nSPS) is 11.9. The molecule has 0 saturated carbocycles. The van der Waals surface area contributed by atoms with Gasteiger partial charge in [0, 0.05) is 26.8 Å². The molecule has 0 spiro atoms. The summed E-state index contributed by atoms with van der Waals surface area (Å²) in [5.41, 5.74) is 0.492. The van der Waals surface area contributed by atoms with Gasteiger partial charge in [0.15, 0.2) is 0 Å². The summed E-state index contributed by atoms with van der Waals surface area (Å²) in [5, 5.41) is 8.83. The van der Waals surface area contributed by atoms with Crippen molar-refractivity contribution in [2.75, 3.05) is 20.6 Å². The number of rotatable bonds is 4. The minimum Gasteiger partial charge on any atom is -0.359 e. The van der Waals surface area contributed by atoms with Gasteiger partial charge in [0.25, 0.3) is 5.91 Å². The standard InChI is InChI=1S/C10H16N4O2/c1-7(9(15)11-2)6-14(3)10(16)8-4-12-13-5-8/h4-5,7H,6H2,1-3H3,(H,11,15)(H,12,13). The predicted molar refractivity (Wildman–Crippen MR) is 58.8 cm³/mol. The third-order valence-electron chi connectivity index (χ3n) is 2.33. The summed E-state index contributed by atoms with van der Waals surface area (Å²) in [6.45, 7) is 2.15. The summed E-state index contributed by atoms with van der Waals surface area (Å²) in [5.74, 6) is -0.456. The molecular weight excluding hydrogens is 208 g/mol. The van der Waals surface area contributed by atoms with Crippen LogP contribution in [0.25, 0.3) is 0 Å². The molecule has 16 heavy (non-hydrogen) atoms. The number of carbonyl (C=O) groups is 2. The average molecular weight is 224 g/mol. The van der Waals surface area contributed by atoms with E-state index in [1.807, 2.05) is 0 Å². The van der Waals surface area contributed by atoms with Crippen LogP contribution < -0.4 is 5.32 Å². The highest BCUT2D eigenvalue weighted by Crippen LogP contribution is 2.04. The lowest BCUT2D eigenvalue weighted by atomic mass is 10.1. The summed E-state index contributed by atoms with van der Waals surface area (Å²) in [7, 11) is 3.24. The van der Waals surface area contributed by atoms with E-state index in [9.17, 15) is 9.59 Å². The summed E-state index contributed by atoms with van der Waals surface area (Å²) < 4.78 is 0. The van der Waals surface area contributed by atoms with Crippen molar-refractivity contribution >= 4 is 11.8 Å². The smallest absolute Gasteiger partial charge is 0.256 e. The average Bonchev–Trinajstić information content (AvgIpc) is 2.79. The van der Waals surface area contributed by atoms with E-state index in [4.69, 9.17) is 0 Å². The van der Waals surface area contributed by atoms with Gasteiger partial charge in [-0.05, 0) is 0 Å². The summed E-state index contributed by atoms with van der Waals surface area (Å²) in [4.78, 5) is 24.6. The molecule has 1 aromatic rings. The maximum absolute atomic E-state index is 11.8. The molecule has 1 unspecified atom stereocenters. The number of hydrogen-bond donors (Lipinski definition) is 2. The van der Waals surface area contributed by atoms with Gasteiger partial charge in [0.2, 0.25) is 5.91 Å². The molecule has 6 nitrogen and oxygen atoms in total. The summed E-state index contributed by atoms with van der Waals surface area (Å²) in [6.07, 6.45) is 2.99. The van der Waals surface area contributed by atoms with E-state index in [0.717, 1.165) is 0 Å². The van der Waals surface area contributed by atoms with Crippen LogP contribution >= 0.6 is 0 Å². The Morgan fingerprint density at radius 2 is 2.31 bits per heavy atom. The molecule has 0 bridgehead atoms. The first kappa shape index (κ1) is 12.2. The molecule has 2 N–H and O–H groups in total. The Labute approximate surface area is 94.0 Å². The number of hydrogen-bond acceptors (Lipinski definition) is 3. The van der Waals surface area contributed by atoms with Gasteiger partial charge in [0.1, 0.15) is 0 Å². The molecule has 0 aliphatic rings. The van der Waals surface area contributed by atoms with Crippen LogP contribution in [0.5, 0.6) is 0 Å². The fraction of sp³-hybridized carbons (Fsp3) is 0.500. The summed E-state index contributed by atoms with van der Waals surface area (Å²) in [6, 6.07) is 0. The van der Waals surface area contributed by atoms with Gasteiger partial charge in [-0.2, -0.15) is 5.10 Å². The van der Waals surface area contributed by atoms with E-state index in [1.54, 1.807) is 21.0 Å². The quantitative estimate of drug-likeness (QED) is 0.747. The largest absolute Gasteiger partial charge is 0.359 e. The van der Waals surface area contributed by atoms with Crippen molar-refractivity contribution < 1.29 is 9.59 Å². The van der Waals surface area contributed by atoms with Crippen LogP contribution in [-0.4, -0.2) is 47.6 Å². The van der Waals surface area contributed by atoms with Gasteiger partial charge in [-0.25, -0.2) is 0 Å². The van der Waals surface area contributed by atoms with Crippen LogP contribution in [0.15, 0.2) is 12.4 Å². The Kier molecular flexibility index (Phi) is 4.04. The number of amides is 2. The zero-order valence-electron chi connectivity index (χ0n) is 9.65. The van der Waals surface area contributed by atoms with E-state index < -0.39 is 0 Å². The molecular formula is C10H16N4O2. The number of nitrogens with zero attached hydrogens (tertiary/aromatic N) is 2. The topological polar surface area (TPSA) is 78.1 Å². The molecule has 88 valence electrons. The third kappa shape index (κ3) is 2.82. The van der Waals surface area contributed by atoms with Crippen molar-refractivity contribution in [3.05, 3.63) is 18.0 Å². The zero-order valence-corrected chi connectivity index (χ0v) is 9.65. The van der Waals surface area contributed by atoms with E-state index in [2.05, 4.69) is 15.5 Å². The Hall–Kier alpha value is -1.85. The first-order valence-electron chi connectivity index (χ1n) is 5.02. The van der Waals surface area contributed by atoms with E-state index in [0.29, 0.717) is 12.1 Å². The SMILES string of the molecule is CNC(=O)C(C)CN(C)C(=O)c1cn[nH]c1. The molecule has 0 aromatic carbocycles. The van der Waals surface area contributed by atoms with E-state index in [1.165, 1.54) is 17.3 Å². The van der Waals surface area contributed by atoms with Crippen LogP contribution in [0.3, 0.4) is 0 Å². The molecule has 0 aliphatic carbocycles. The van der Waals surface area contributed by atoms with Crippen molar-refractivity contribution in [1.29, 1.82) is 0 Å². The van der Waals surface area contributed by atoms with Crippen molar-refractivity contribution in [3.63, 3.8) is 0 Å². The Bertz CT molecular complexity index is 361. The number of aromatic nitrogens is 2. The zero-order chi connectivity index (χ0) is 12.1. The van der Waals surface area contributed by atoms with Crippen LogP contribution in [0.1, 0.15) is 17.3 Å². The Morgan fingerprint density at radius 1 is 1.62 bits per heavy atom. The van der Waals surface area contributed by atoms with Crippen LogP contribution in [-0.2, 0) is 4.79 Å². The highest BCUT2D eigenvalue weighted by molar-refractivity contribution is 5.93. The van der Waals surface area contributed by atoms with E-state index in [-0.39, 0.29) is 17.7 Å². The molecule has 1 rings (SSSR count). The number of H-pyrrole nitrogens is 1. The molecule has 0 aliphatic heterocycles. The van der Waals surface area contributed by atoms with Crippen LogP contribution in [0, 0.1) is 5.92 Å². The fourth-order valence-corrected chi connectivity index (χ4v) is 1.41. The molecule has 0 radical (unpaired) electrons. The number of nitrogens with one attached hydrogen (secondary N) is 2. The predicted octanol–water partition coefficient (Wildman–Crippen LogP) is -0.136. The van der Waals surface area contributed by atoms with Gasteiger partial charge >= 0.3 is 0 Å². The number of aromatic amines is 1. The molecule has 1 aromatic heterocycles. The highest BCUT2D eigenvalue weighted by atomic mass is 16.2. The summed E-state index contributed by atoms with van der Waals surface area (Å²) >= 11 is 0. The minimum absolute atomic E-state index is 0.0770. The minimum atomic E-state index is -0.231. The lowest BCUT2D eigenvalue weighted by Gasteiger charge is -2.19. The third-order valence-corrected chi connectivity index (χ3v) is 2.33. The monoisotopic (exact) mass is 224 g/mol. The molecule has 1 atom stereocenters. The molecule has 0 saturated heterocycles. The number of carbonyl (C=O) groups excluding carboxylic acids is 2. The molecule has 2 amide bonds. The second-order valence-electron chi connectivity index (χ2n) is 3.69. The van der Waals surface area contributed by atoms with Crippen LogP contribution in [0.4, 0.5) is 0 Å². The van der Waals surface area contributed by atoms with Gasteiger partial charge in [-0.15, -0.1) is 0 Å². The van der Waals surface area contributed by atoms with Gasteiger partial charge in [0.05, 0.1) is 17.7 Å². The molecule has 1 heterocycles. The maximum atomic E-state index is 11.8. The van der Waals surface area contributed by atoms with Crippen molar-refractivity contribution in [3.8, 4) is 0 Å². The first-order chi connectivity index (χ1) is 7.56. The van der Waals surface area contributed by atoms with Crippen LogP contribution in [0.2, 0.25) is 0 Å². The second kappa shape index (κ2) is 5.29. The second-order valence-corrected chi connectivity index (χ2v) is 3.69. The van der Waals surface area contributed by atoms with Crippen molar-refractivity contribution in [2.45, 2.75) is 6.92 Å². The molecule has 6 heteroatoms. The lowest BCUT2D eigenvalue weighted by Crippen LogP contribution is -2.37. The van der Waals surface area contributed by atoms with Crippen molar-refractivity contribution in [1.82, 2.24) is 20.4 Å². The van der Waals surface area contributed by atoms with E-state index >= 15 is 0 Å². The van der Waals surface area contributed by atoms with Gasteiger partial charge < -0.3 is 10.2 Å². The Balaban J connectivity index is 2.56. The van der Waals surface area contributed by atoms with Gasteiger partial charge in [-0.3, -0.25) is 14.7 Å². The fourth-order valence-electron chi connectivity index (χ4n) is 1.41.